The van der Waals surface area contributed by atoms with E-state index in [1.165, 1.54) is 0 Å². The third kappa shape index (κ3) is 1.22. The van der Waals surface area contributed by atoms with Crippen molar-refractivity contribution < 1.29 is 8.81 Å². The lowest BCUT2D eigenvalue weighted by Gasteiger charge is -1.96. The van der Waals surface area contributed by atoms with E-state index in [1.807, 2.05) is 6.92 Å². The predicted octanol–water partition coefficient (Wildman–Crippen LogP) is 2.24. The van der Waals surface area contributed by atoms with Crippen LogP contribution >= 0.6 is 0 Å². The number of aryl methyl sites for hydroxylation is 1. The highest BCUT2D eigenvalue weighted by molar-refractivity contribution is 5.76. The number of hydrogen-bond acceptors (Lipinski definition) is 2. The minimum absolute atomic E-state index is 0.283. The molecule has 0 aliphatic carbocycles. The Hall–Kier alpha value is -1.64. The zero-order chi connectivity index (χ0) is 9.42. The van der Waals surface area contributed by atoms with E-state index in [0.717, 1.165) is 11.8 Å². The van der Waals surface area contributed by atoms with Crippen molar-refractivity contribution in [1.29, 1.82) is 0 Å². The van der Waals surface area contributed by atoms with Gasteiger partial charge in [-0.2, -0.15) is 4.39 Å². The lowest BCUT2D eigenvalue weighted by molar-refractivity contribution is 0.520. The molecule has 2 nitrogen and oxygen atoms in total. The third-order valence-corrected chi connectivity index (χ3v) is 1.89. The molecule has 0 unspecified atom stereocenters. The van der Waals surface area contributed by atoms with Gasteiger partial charge >= 0.3 is 0 Å². The minimum Gasteiger partial charge on any atom is -0.461 e. The summed E-state index contributed by atoms with van der Waals surface area (Å²) in [5.41, 5.74) is 0.787. The molecule has 1 heterocycles. The highest BCUT2D eigenvalue weighted by Gasteiger charge is 2.05. The van der Waals surface area contributed by atoms with Gasteiger partial charge in [0.15, 0.2) is 0 Å². The molecule has 0 saturated carbocycles. The Morgan fingerprint density at radius 1 is 1.38 bits per heavy atom. The van der Waals surface area contributed by atoms with Crippen LogP contribution in [-0.4, -0.2) is 0 Å². The lowest BCUT2D eigenvalue weighted by atomic mass is 10.2. The van der Waals surface area contributed by atoms with Crippen molar-refractivity contribution in [2.75, 3.05) is 0 Å². The van der Waals surface area contributed by atoms with Gasteiger partial charge in [0.05, 0.1) is 5.39 Å². The molecule has 2 rings (SSSR count). The summed E-state index contributed by atoms with van der Waals surface area (Å²) in [4.78, 5) is 11.2. The SMILES string of the molecule is Cc1ccc2c(=O)c(F)coc2c1. The molecule has 0 bridgehead atoms. The molecule has 0 aliphatic heterocycles. The molecule has 0 fully saturated rings. The number of halogens is 1. The first kappa shape index (κ1) is 7.98. The highest BCUT2D eigenvalue weighted by Crippen LogP contribution is 2.12. The highest BCUT2D eigenvalue weighted by atomic mass is 19.1. The van der Waals surface area contributed by atoms with Gasteiger partial charge in [0.1, 0.15) is 11.8 Å². The molecule has 0 atom stereocenters. The van der Waals surface area contributed by atoms with Crippen LogP contribution in [0.2, 0.25) is 0 Å². The molecule has 0 N–H and O–H groups in total. The summed E-state index contributed by atoms with van der Waals surface area (Å²) in [7, 11) is 0. The standard InChI is InChI=1S/C10H7FO2/c1-6-2-3-7-9(4-6)13-5-8(11)10(7)12/h2-5H,1H3. The van der Waals surface area contributed by atoms with Gasteiger partial charge in [-0.05, 0) is 24.6 Å². The van der Waals surface area contributed by atoms with Crippen LogP contribution in [0.15, 0.2) is 33.7 Å². The van der Waals surface area contributed by atoms with Crippen molar-refractivity contribution in [2.45, 2.75) is 6.92 Å². The van der Waals surface area contributed by atoms with Crippen molar-refractivity contribution in [3.8, 4) is 0 Å². The predicted molar refractivity (Wildman–Crippen MR) is 47.2 cm³/mol. The van der Waals surface area contributed by atoms with Crippen LogP contribution in [0.25, 0.3) is 11.0 Å². The van der Waals surface area contributed by atoms with Gasteiger partial charge < -0.3 is 4.42 Å². The van der Waals surface area contributed by atoms with Crippen LogP contribution < -0.4 is 5.43 Å². The molecule has 0 amide bonds. The Balaban J connectivity index is 2.95. The average molecular weight is 178 g/mol. The Bertz CT molecular complexity index is 514. The van der Waals surface area contributed by atoms with Crippen LogP contribution in [0.1, 0.15) is 5.56 Å². The summed E-state index contributed by atoms with van der Waals surface area (Å²) < 4.78 is 17.7. The Labute approximate surface area is 73.6 Å². The van der Waals surface area contributed by atoms with Crippen LogP contribution in [0.4, 0.5) is 4.39 Å². The fourth-order valence-electron chi connectivity index (χ4n) is 1.21. The van der Waals surface area contributed by atoms with Crippen molar-refractivity contribution in [3.63, 3.8) is 0 Å². The second-order valence-corrected chi connectivity index (χ2v) is 2.91. The zero-order valence-corrected chi connectivity index (χ0v) is 7.00. The summed E-state index contributed by atoms with van der Waals surface area (Å²) >= 11 is 0. The van der Waals surface area contributed by atoms with Crippen molar-refractivity contribution in [1.82, 2.24) is 0 Å². The third-order valence-electron chi connectivity index (χ3n) is 1.89. The topological polar surface area (TPSA) is 30.2 Å². The van der Waals surface area contributed by atoms with Crippen molar-refractivity contribution in [3.05, 3.63) is 46.1 Å². The quantitative estimate of drug-likeness (QED) is 0.619. The van der Waals surface area contributed by atoms with Gasteiger partial charge in [-0.3, -0.25) is 4.79 Å². The average Bonchev–Trinajstić information content (AvgIpc) is 2.12. The molecule has 0 saturated heterocycles. The van der Waals surface area contributed by atoms with Crippen molar-refractivity contribution >= 4 is 11.0 Å². The molecule has 0 radical (unpaired) electrons. The summed E-state index contributed by atoms with van der Waals surface area (Å²) in [5, 5.41) is 0.283. The number of rotatable bonds is 0. The summed E-state index contributed by atoms with van der Waals surface area (Å²) in [6.45, 7) is 1.88. The van der Waals surface area contributed by atoms with E-state index < -0.39 is 11.2 Å². The summed E-state index contributed by atoms with van der Waals surface area (Å²) in [5.74, 6) is -0.851. The van der Waals surface area contributed by atoms with E-state index in [1.54, 1.807) is 18.2 Å². The van der Waals surface area contributed by atoms with E-state index in [4.69, 9.17) is 4.42 Å². The number of hydrogen-bond donors (Lipinski definition) is 0. The second kappa shape index (κ2) is 2.69. The van der Waals surface area contributed by atoms with E-state index in [9.17, 15) is 9.18 Å². The van der Waals surface area contributed by atoms with Gasteiger partial charge in [0.25, 0.3) is 0 Å². The second-order valence-electron chi connectivity index (χ2n) is 2.91. The zero-order valence-electron chi connectivity index (χ0n) is 7.00. The van der Waals surface area contributed by atoms with E-state index in [0.29, 0.717) is 5.58 Å². The van der Waals surface area contributed by atoms with E-state index >= 15 is 0 Å². The minimum atomic E-state index is -0.851. The Kier molecular flexibility index (Phi) is 1.65. The maximum atomic E-state index is 12.7. The first-order valence-corrected chi connectivity index (χ1v) is 3.86. The van der Waals surface area contributed by atoms with Crippen LogP contribution in [-0.2, 0) is 0 Å². The fraction of sp³-hybridized carbons (Fsp3) is 0.100. The maximum Gasteiger partial charge on any atom is 0.228 e. The van der Waals surface area contributed by atoms with Crippen LogP contribution in [0.5, 0.6) is 0 Å². The summed E-state index contributed by atoms with van der Waals surface area (Å²) in [6, 6.07) is 5.02. The first-order chi connectivity index (χ1) is 6.18. The lowest BCUT2D eigenvalue weighted by Crippen LogP contribution is -2.05. The number of benzene rings is 1. The van der Waals surface area contributed by atoms with Gasteiger partial charge in [-0.25, -0.2) is 0 Å². The Morgan fingerprint density at radius 2 is 2.15 bits per heavy atom. The van der Waals surface area contributed by atoms with Gasteiger partial charge in [0.2, 0.25) is 11.2 Å². The van der Waals surface area contributed by atoms with Crippen LogP contribution in [0.3, 0.4) is 0 Å². The summed E-state index contributed by atoms with van der Waals surface area (Å²) in [6.07, 6.45) is 0.837. The number of fused-ring (bicyclic) bond motifs is 1. The molecule has 13 heavy (non-hydrogen) atoms. The monoisotopic (exact) mass is 178 g/mol. The van der Waals surface area contributed by atoms with Gasteiger partial charge in [0, 0.05) is 0 Å². The molecule has 3 heteroatoms. The van der Waals surface area contributed by atoms with E-state index in [2.05, 4.69) is 0 Å². The first-order valence-electron chi connectivity index (χ1n) is 3.86. The molecule has 2 aromatic rings. The maximum absolute atomic E-state index is 12.7. The Morgan fingerprint density at radius 3 is 2.92 bits per heavy atom. The van der Waals surface area contributed by atoms with Crippen LogP contribution in [0, 0.1) is 12.7 Å². The normalized spacial score (nSPS) is 10.6. The molecule has 0 spiro atoms. The largest absolute Gasteiger partial charge is 0.461 e. The molecule has 1 aromatic carbocycles. The smallest absolute Gasteiger partial charge is 0.228 e. The van der Waals surface area contributed by atoms with Crippen molar-refractivity contribution in [2.24, 2.45) is 0 Å². The molecule has 0 aliphatic rings. The molecule has 66 valence electrons. The molecular weight excluding hydrogens is 171 g/mol. The molecule has 1 aromatic heterocycles. The molecular formula is C10H7FO2. The van der Waals surface area contributed by atoms with E-state index in [-0.39, 0.29) is 5.39 Å². The van der Waals surface area contributed by atoms with Gasteiger partial charge in [-0.1, -0.05) is 6.07 Å². The van der Waals surface area contributed by atoms with Gasteiger partial charge in [-0.15, -0.1) is 0 Å². The fourth-order valence-corrected chi connectivity index (χ4v) is 1.21.